The van der Waals surface area contributed by atoms with E-state index in [1.165, 1.54) is 25.1 Å². The lowest BCUT2D eigenvalue weighted by Crippen LogP contribution is -2.34. The third-order valence-electron chi connectivity index (χ3n) is 4.52. The first kappa shape index (κ1) is 12.9. The summed E-state index contributed by atoms with van der Waals surface area (Å²) in [4.78, 5) is 2.60. The summed E-state index contributed by atoms with van der Waals surface area (Å²) in [5.41, 5.74) is 1.83. The van der Waals surface area contributed by atoms with Crippen LogP contribution in [0.2, 0.25) is 0 Å². The maximum absolute atomic E-state index is 5.78. The van der Waals surface area contributed by atoms with Crippen molar-refractivity contribution < 1.29 is 4.74 Å². The Labute approximate surface area is 115 Å². The number of hydrogen-bond acceptors (Lipinski definition) is 3. The topological polar surface area (TPSA) is 24.5 Å². The summed E-state index contributed by atoms with van der Waals surface area (Å²) in [5.74, 6) is 1.64. The van der Waals surface area contributed by atoms with Gasteiger partial charge in [0, 0.05) is 31.1 Å². The molecule has 0 radical (unpaired) electrons. The SMILES string of the molecule is CNCC1(C)CCN(CC2COc3ccccc32)C1. The average molecular weight is 260 g/mol. The van der Waals surface area contributed by atoms with Gasteiger partial charge >= 0.3 is 0 Å². The van der Waals surface area contributed by atoms with Gasteiger partial charge in [-0.3, -0.25) is 0 Å². The largest absolute Gasteiger partial charge is 0.493 e. The van der Waals surface area contributed by atoms with E-state index < -0.39 is 0 Å². The molecule has 0 amide bonds. The number of hydrogen-bond donors (Lipinski definition) is 1. The second-order valence-corrected chi connectivity index (χ2v) is 6.37. The molecule has 0 spiro atoms. The molecule has 2 unspecified atom stereocenters. The summed E-state index contributed by atoms with van der Waals surface area (Å²) in [6.45, 7) is 7.90. The molecule has 1 aromatic rings. The number of nitrogens with one attached hydrogen (secondary N) is 1. The minimum absolute atomic E-state index is 0.438. The summed E-state index contributed by atoms with van der Waals surface area (Å²) < 4.78 is 5.78. The Morgan fingerprint density at radius 1 is 1.42 bits per heavy atom. The van der Waals surface area contributed by atoms with Crippen molar-refractivity contribution in [1.82, 2.24) is 10.2 Å². The summed E-state index contributed by atoms with van der Waals surface area (Å²) in [7, 11) is 2.05. The Bertz CT molecular complexity index is 448. The Kier molecular flexibility index (Phi) is 3.50. The predicted molar refractivity (Wildman–Crippen MR) is 77.8 cm³/mol. The van der Waals surface area contributed by atoms with E-state index in [0.717, 1.165) is 25.4 Å². The van der Waals surface area contributed by atoms with Crippen LogP contribution < -0.4 is 10.1 Å². The third kappa shape index (κ3) is 2.63. The molecule has 2 atom stereocenters. The molecule has 2 heterocycles. The van der Waals surface area contributed by atoms with Crippen LogP contribution in [0.5, 0.6) is 5.75 Å². The highest BCUT2D eigenvalue weighted by atomic mass is 16.5. The fraction of sp³-hybridized carbons (Fsp3) is 0.625. The number of para-hydroxylation sites is 1. The molecule has 19 heavy (non-hydrogen) atoms. The molecule has 3 heteroatoms. The second kappa shape index (κ2) is 5.14. The van der Waals surface area contributed by atoms with E-state index >= 15 is 0 Å². The number of rotatable bonds is 4. The fourth-order valence-electron chi connectivity index (χ4n) is 3.55. The normalized spacial score (nSPS) is 30.3. The number of benzene rings is 1. The van der Waals surface area contributed by atoms with Gasteiger partial charge in [-0.15, -0.1) is 0 Å². The minimum Gasteiger partial charge on any atom is -0.493 e. The van der Waals surface area contributed by atoms with Crippen LogP contribution in [0.3, 0.4) is 0 Å². The van der Waals surface area contributed by atoms with Gasteiger partial charge in [-0.1, -0.05) is 25.1 Å². The van der Waals surface area contributed by atoms with E-state index in [-0.39, 0.29) is 0 Å². The van der Waals surface area contributed by atoms with Crippen LogP contribution in [-0.4, -0.2) is 44.7 Å². The van der Waals surface area contributed by atoms with Crippen LogP contribution in [0.1, 0.15) is 24.8 Å². The van der Waals surface area contributed by atoms with Crippen LogP contribution in [0.4, 0.5) is 0 Å². The molecule has 0 aliphatic carbocycles. The zero-order valence-corrected chi connectivity index (χ0v) is 12.0. The van der Waals surface area contributed by atoms with Crippen molar-refractivity contribution in [3.63, 3.8) is 0 Å². The van der Waals surface area contributed by atoms with Crippen molar-refractivity contribution in [2.24, 2.45) is 5.41 Å². The van der Waals surface area contributed by atoms with Gasteiger partial charge in [-0.05, 0) is 31.5 Å². The van der Waals surface area contributed by atoms with Gasteiger partial charge < -0.3 is 15.0 Å². The smallest absolute Gasteiger partial charge is 0.122 e. The maximum Gasteiger partial charge on any atom is 0.122 e. The van der Waals surface area contributed by atoms with E-state index in [1.807, 2.05) is 0 Å². The van der Waals surface area contributed by atoms with Crippen molar-refractivity contribution in [1.29, 1.82) is 0 Å². The average Bonchev–Trinajstić information content (AvgIpc) is 2.96. The van der Waals surface area contributed by atoms with Crippen molar-refractivity contribution >= 4 is 0 Å². The van der Waals surface area contributed by atoms with E-state index in [4.69, 9.17) is 4.74 Å². The number of nitrogens with zero attached hydrogens (tertiary/aromatic N) is 1. The van der Waals surface area contributed by atoms with E-state index in [2.05, 4.69) is 48.5 Å². The fourth-order valence-corrected chi connectivity index (χ4v) is 3.55. The Morgan fingerprint density at radius 2 is 2.26 bits per heavy atom. The van der Waals surface area contributed by atoms with Gasteiger partial charge in [-0.2, -0.15) is 0 Å². The first-order valence-electron chi connectivity index (χ1n) is 7.29. The Morgan fingerprint density at radius 3 is 3.11 bits per heavy atom. The van der Waals surface area contributed by atoms with E-state index in [1.54, 1.807) is 0 Å². The highest BCUT2D eigenvalue weighted by Gasteiger charge is 2.35. The zero-order chi connectivity index (χ0) is 13.3. The Hall–Kier alpha value is -1.06. The quantitative estimate of drug-likeness (QED) is 0.897. The van der Waals surface area contributed by atoms with Gasteiger partial charge in [-0.25, -0.2) is 0 Å². The molecule has 1 fully saturated rings. The molecule has 1 N–H and O–H groups in total. The highest BCUT2D eigenvalue weighted by Crippen LogP contribution is 2.36. The molecule has 0 aromatic heterocycles. The standard InChI is InChI=1S/C16H24N2O/c1-16(11-17-2)7-8-18(12-16)9-13-10-19-15-6-4-3-5-14(13)15/h3-6,13,17H,7-12H2,1-2H3. The van der Waals surface area contributed by atoms with E-state index in [9.17, 15) is 0 Å². The molecule has 1 aromatic carbocycles. The molecule has 2 aliphatic heterocycles. The minimum atomic E-state index is 0.438. The molecule has 0 bridgehead atoms. The first-order valence-corrected chi connectivity index (χ1v) is 7.29. The summed E-state index contributed by atoms with van der Waals surface area (Å²) in [6.07, 6.45) is 1.29. The number of fused-ring (bicyclic) bond motifs is 1. The van der Waals surface area contributed by atoms with Crippen LogP contribution >= 0.6 is 0 Å². The van der Waals surface area contributed by atoms with Gasteiger partial charge in [0.2, 0.25) is 0 Å². The monoisotopic (exact) mass is 260 g/mol. The zero-order valence-electron chi connectivity index (χ0n) is 12.0. The van der Waals surface area contributed by atoms with Gasteiger partial charge in [0.05, 0.1) is 6.61 Å². The van der Waals surface area contributed by atoms with Crippen LogP contribution in [0.15, 0.2) is 24.3 Å². The summed E-state index contributed by atoms with van der Waals surface area (Å²) in [5, 5.41) is 3.33. The Balaban J connectivity index is 1.62. The number of likely N-dealkylation sites (tertiary alicyclic amines) is 1. The molecule has 104 valence electrons. The molecule has 3 rings (SSSR count). The van der Waals surface area contributed by atoms with Crippen molar-refractivity contribution in [2.45, 2.75) is 19.3 Å². The van der Waals surface area contributed by atoms with E-state index in [0.29, 0.717) is 11.3 Å². The molecule has 1 saturated heterocycles. The second-order valence-electron chi connectivity index (χ2n) is 6.37. The lowest BCUT2D eigenvalue weighted by molar-refractivity contribution is 0.239. The molecule has 3 nitrogen and oxygen atoms in total. The first-order chi connectivity index (χ1) is 9.20. The highest BCUT2D eigenvalue weighted by molar-refractivity contribution is 5.39. The molecule has 0 saturated carbocycles. The maximum atomic E-state index is 5.78. The van der Waals surface area contributed by atoms with Gasteiger partial charge in [0.25, 0.3) is 0 Å². The summed E-state index contributed by atoms with van der Waals surface area (Å²) in [6, 6.07) is 8.48. The molecule has 2 aliphatic rings. The van der Waals surface area contributed by atoms with Crippen molar-refractivity contribution in [3.8, 4) is 5.75 Å². The lowest BCUT2D eigenvalue weighted by atomic mass is 9.90. The predicted octanol–water partition coefficient (Wildman–Crippen LogP) is 2.09. The molecular formula is C16H24N2O. The van der Waals surface area contributed by atoms with Crippen LogP contribution in [-0.2, 0) is 0 Å². The summed E-state index contributed by atoms with van der Waals surface area (Å²) >= 11 is 0. The third-order valence-corrected chi connectivity index (χ3v) is 4.52. The lowest BCUT2D eigenvalue weighted by Gasteiger charge is -2.25. The number of ether oxygens (including phenoxy) is 1. The van der Waals surface area contributed by atoms with Gasteiger partial charge in [0.1, 0.15) is 5.75 Å². The van der Waals surface area contributed by atoms with Crippen LogP contribution in [0.25, 0.3) is 0 Å². The van der Waals surface area contributed by atoms with Gasteiger partial charge in [0.15, 0.2) is 0 Å². The van der Waals surface area contributed by atoms with Crippen LogP contribution in [0, 0.1) is 5.41 Å². The molecular weight excluding hydrogens is 236 g/mol. The van der Waals surface area contributed by atoms with Crippen molar-refractivity contribution in [2.75, 3.05) is 39.8 Å². The van der Waals surface area contributed by atoms with Crippen molar-refractivity contribution in [3.05, 3.63) is 29.8 Å².